The van der Waals surface area contributed by atoms with Gasteiger partial charge >= 0.3 is 0 Å². The van der Waals surface area contributed by atoms with Crippen LogP contribution in [0.4, 0.5) is 14.6 Å². The topological polar surface area (TPSA) is 54.0 Å². The van der Waals surface area contributed by atoms with Crippen molar-refractivity contribution < 1.29 is 13.6 Å². The molecule has 0 aromatic carbocycles. The fourth-order valence-electron chi connectivity index (χ4n) is 1.40. The molecule has 1 saturated carbocycles. The molecule has 2 rings (SSSR count). The fraction of sp³-hybridized carbons (Fsp3) is 0.455. The van der Waals surface area contributed by atoms with Crippen LogP contribution >= 0.6 is 0 Å². The molecule has 1 fully saturated rings. The van der Waals surface area contributed by atoms with Crippen molar-refractivity contribution in [3.8, 4) is 0 Å². The summed E-state index contributed by atoms with van der Waals surface area (Å²) in [5, 5.41) is 5.41. The number of aromatic nitrogens is 1. The van der Waals surface area contributed by atoms with Crippen molar-refractivity contribution in [2.75, 3.05) is 18.4 Å². The second-order valence-electron chi connectivity index (χ2n) is 3.98. The first-order valence-electron chi connectivity index (χ1n) is 5.49. The second kappa shape index (κ2) is 5.07. The summed E-state index contributed by atoms with van der Waals surface area (Å²) in [7, 11) is 0. The Labute approximate surface area is 97.4 Å². The van der Waals surface area contributed by atoms with E-state index in [2.05, 4.69) is 15.6 Å². The molecule has 0 atom stereocenters. The molecule has 1 amide bonds. The maximum absolute atomic E-state index is 13.1. The molecule has 4 nitrogen and oxygen atoms in total. The lowest BCUT2D eigenvalue weighted by atomic mass is 10.4. The van der Waals surface area contributed by atoms with Crippen LogP contribution in [-0.2, 0) is 4.79 Å². The number of pyridine rings is 1. The van der Waals surface area contributed by atoms with E-state index in [1.807, 2.05) is 0 Å². The lowest BCUT2D eigenvalue weighted by molar-refractivity contribution is -0.122. The number of hydrogen-bond donors (Lipinski definition) is 2. The van der Waals surface area contributed by atoms with Gasteiger partial charge in [0.05, 0.1) is 6.20 Å². The van der Waals surface area contributed by atoms with Gasteiger partial charge in [0.2, 0.25) is 5.91 Å². The first kappa shape index (κ1) is 11.8. The van der Waals surface area contributed by atoms with Gasteiger partial charge in [-0.05, 0) is 12.8 Å². The summed E-state index contributed by atoms with van der Waals surface area (Å²) in [5.74, 6) is -1.25. The third-order valence-corrected chi connectivity index (χ3v) is 2.47. The summed E-state index contributed by atoms with van der Waals surface area (Å²) in [5.41, 5.74) is 0. The minimum atomic E-state index is -0.737. The van der Waals surface area contributed by atoms with Crippen LogP contribution in [0.15, 0.2) is 12.3 Å². The largest absolute Gasteiger partial charge is 0.366 e. The predicted molar refractivity (Wildman–Crippen MR) is 58.4 cm³/mol. The zero-order valence-electron chi connectivity index (χ0n) is 9.17. The normalized spacial score (nSPS) is 14.5. The first-order valence-corrected chi connectivity index (χ1v) is 5.49. The van der Waals surface area contributed by atoms with Gasteiger partial charge in [-0.15, -0.1) is 0 Å². The summed E-state index contributed by atoms with van der Waals surface area (Å²) in [6, 6.07) is 0.762. The van der Waals surface area contributed by atoms with Crippen LogP contribution in [0, 0.1) is 17.6 Å². The average Bonchev–Trinajstić information content (AvgIpc) is 3.10. The number of carbonyl (C=O) groups is 1. The number of rotatable bonds is 5. The Morgan fingerprint density at radius 3 is 2.82 bits per heavy atom. The lowest BCUT2D eigenvalue weighted by Gasteiger charge is -2.07. The van der Waals surface area contributed by atoms with E-state index < -0.39 is 11.6 Å². The maximum Gasteiger partial charge on any atom is 0.223 e. The molecule has 1 aromatic heterocycles. The SMILES string of the molecule is O=C(NCCNc1ncc(F)cc1F)C1CC1. The molecular formula is C11H13F2N3O. The van der Waals surface area contributed by atoms with Crippen molar-refractivity contribution in [2.45, 2.75) is 12.8 Å². The summed E-state index contributed by atoms with van der Waals surface area (Å²) in [6.45, 7) is 0.752. The molecule has 1 aromatic rings. The highest BCUT2D eigenvalue weighted by atomic mass is 19.1. The molecule has 0 unspecified atom stereocenters. The van der Waals surface area contributed by atoms with E-state index in [9.17, 15) is 13.6 Å². The monoisotopic (exact) mass is 241 g/mol. The number of carbonyl (C=O) groups excluding carboxylic acids is 1. The molecule has 2 N–H and O–H groups in total. The van der Waals surface area contributed by atoms with Gasteiger partial charge in [-0.1, -0.05) is 0 Å². The first-order chi connectivity index (χ1) is 8.16. The fourth-order valence-corrected chi connectivity index (χ4v) is 1.40. The molecule has 1 aliphatic carbocycles. The van der Waals surface area contributed by atoms with Crippen molar-refractivity contribution >= 4 is 11.7 Å². The average molecular weight is 241 g/mol. The number of halogens is 2. The number of nitrogens with zero attached hydrogens (tertiary/aromatic N) is 1. The van der Waals surface area contributed by atoms with E-state index in [0.29, 0.717) is 13.1 Å². The zero-order chi connectivity index (χ0) is 12.3. The highest BCUT2D eigenvalue weighted by molar-refractivity contribution is 5.80. The number of hydrogen-bond acceptors (Lipinski definition) is 3. The number of nitrogens with one attached hydrogen (secondary N) is 2. The van der Waals surface area contributed by atoms with Gasteiger partial charge in [0, 0.05) is 25.1 Å². The third kappa shape index (κ3) is 3.37. The molecule has 0 saturated heterocycles. The smallest absolute Gasteiger partial charge is 0.223 e. The minimum Gasteiger partial charge on any atom is -0.366 e. The Balaban J connectivity index is 1.72. The van der Waals surface area contributed by atoms with Crippen LogP contribution < -0.4 is 10.6 Å². The summed E-state index contributed by atoms with van der Waals surface area (Å²) in [6.07, 6.45) is 2.84. The van der Waals surface area contributed by atoms with Crippen molar-refractivity contribution in [1.29, 1.82) is 0 Å². The highest BCUT2D eigenvalue weighted by Gasteiger charge is 2.28. The molecule has 1 heterocycles. The Morgan fingerprint density at radius 1 is 1.41 bits per heavy atom. The van der Waals surface area contributed by atoms with Crippen LogP contribution in [0.25, 0.3) is 0 Å². The molecular weight excluding hydrogens is 228 g/mol. The van der Waals surface area contributed by atoms with Crippen molar-refractivity contribution in [2.24, 2.45) is 5.92 Å². The number of amides is 1. The molecule has 17 heavy (non-hydrogen) atoms. The quantitative estimate of drug-likeness (QED) is 0.764. The molecule has 0 spiro atoms. The highest BCUT2D eigenvalue weighted by Crippen LogP contribution is 2.28. The summed E-state index contributed by atoms with van der Waals surface area (Å²) >= 11 is 0. The molecule has 0 aliphatic heterocycles. The van der Waals surface area contributed by atoms with E-state index in [1.165, 1.54) is 0 Å². The van der Waals surface area contributed by atoms with Crippen molar-refractivity contribution in [3.63, 3.8) is 0 Å². The van der Waals surface area contributed by atoms with Crippen LogP contribution in [0.5, 0.6) is 0 Å². The van der Waals surface area contributed by atoms with Gasteiger partial charge in [-0.3, -0.25) is 4.79 Å². The minimum absolute atomic E-state index is 0.00734. The molecule has 1 aliphatic rings. The van der Waals surface area contributed by atoms with Crippen LogP contribution in [0.1, 0.15) is 12.8 Å². The Hall–Kier alpha value is -1.72. The second-order valence-corrected chi connectivity index (χ2v) is 3.98. The van der Waals surface area contributed by atoms with Crippen LogP contribution in [0.2, 0.25) is 0 Å². The van der Waals surface area contributed by atoms with E-state index in [4.69, 9.17) is 0 Å². The Kier molecular flexibility index (Phi) is 3.51. The summed E-state index contributed by atoms with van der Waals surface area (Å²) < 4.78 is 25.7. The van der Waals surface area contributed by atoms with Crippen LogP contribution in [0.3, 0.4) is 0 Å². The molecule has 0 bridgehead atoms. The molecule has 0 radical (unpaired) electrons. The van der Waals surface area contributed by atoms with Gasteiger partial charge in [0.15, 0.2) is 11.6 Å². The zero-order valence-corrected chi connectivity index (χ0v) is 9.17. The lowest BCUT2D eigenvalue weighted by Crippen LogP contribution is -2.30. The van der Waals surface area contributed by atoms with Crippen molar-refractivity contribution in [3.05, 3.63) is 23.9 Å². The van der Waals surface area contributed by atoms with Gasteiger partial charge < -0.3 is 10.6 Å². The van der Waals surface area contributed by atoms with Gasteiger partial charge in [0.1, 0.15) is 5.82 Å². The van der Waals surface area contributed by atoms with E-state index >= 15 is 0 Å². The number of anilines is 1. The van der Waals surface area contributed by atoms with E-state index in [0.717, 1.165) is 25.1 Å². The standard InChI is InChI=1S/C11H13F2N3O/c12-8-5-9(13)10(16-6-8)14-3-4-15-11(17)7-1-2-7/h5-7H,1-4H2,(H,14,16)(H,15,17). The summed E-state index contributed by atoms with van der Waals surface area (Å²) in [4.78, 5) is 14.8. The van der Waals surface area contributed by atoms with E-state index in [-0.39, 0.29) is 17.6 Å². The molecule has 6 heteroatoms. The van der Waals surface area contributed by atoms with Gasteiger partial charge in [0.25, 0.3) is 0 Å². The van der Waals surface area contributed by atoms with Crippen LogP contribution in [-0.4, -0.2) is 24.0 Å². The van der Waals surface area contributed by atoms with E-state index in [1.54, 1.807) is 0 Å². The third-order valence-electron chi connectivity index (χ3n) is 2.47. The van der Waals surface area contributed by atoms with Gasteiger partial charge in [-0.25, -0.2) is 13.8 Å². The Bertz CT molecular complexity index is 421. The Morgan fingerprint density at radius 2 is 2.18 bits per heavy atom. The molecule has 92 valence electrons. The predicted octanol–water partition coefficient (Wildman–Crippen LogP) is 1.30. The maximum atomic E-state index is 13.1. The van der Waals surface area contributed by atoms with Gasteiger partial charge in [-0.2, -0.15) is 0 Å². The van der Waals surface area contributed by atoms with Crippen molar-refractivity contribution in [1.82, 2.24) is 10.3 Å².